The number of carbonyl (C=O) groups is 1. The zero-order valence-electron chi connectivity index (χ0n) is 11.1. The summed E-state index contributed by atoms with van der Waals surface area (Å²) in [6, 6.07) is 2.74. The smallest absolute Gasteiger partial charge is 0.322 e. The Hall–Kier alpha value is -2.22. The van der Waals surface area contributed by atoms with E-state index < -0.39 is 28.4 Å². The van der Waals surface area contributed by atoms with Gasteiger partial charge in [-0.2, -0.15) is 4.39 Å². The molecule has 0 saturated carbocycles. The van der Waals surface area contributed by atoms with Crippen LogP contribution < -0.4 is 10.1 Å². The highest BCUT2D eigenvalue weighted by Gasteiger charge is 2.17. The van der Waals surface area contributed by atoms with Gasteiger partial charge in [-0.1, -0.05) is 0 Å². The van der Waals surface area contributed by atoms with Crippen LogP contribution >= 0.6 is 0 Å². The molecule has 0 spiro atoms. The van der Waals surface area contributed by atoms with Crippen molar-refractivity contribution < 1.29 is 23.6 Å². The summed E-state index contributed by atoms with van der Waals surface area (Å²) in [5, 5.41) is 13.2. The molecule has 1 unspecified atom stereocenters. The van der Waals surface area contributed by atoms with E-state index in [-0.39, 0.29) is 12.4 Å². The summed E-state index contributed by atoms with van der Waals surface area (Å²) in [5.74, 6) is -1.23. The number of hydrogen-bond acceptors (Lipinski definition) is 6. The second-order valence-corrected chi connectivity index (χ2v) is 3.87. The Morgan fingerprint density at radius 3 is 2.75 bits per heavy atom. The molecular weight excluding hydrogens is 271 g/mol. The van der Waals surface area contributed by atoms with Crippen LogP contribution in [0.3, 0.4) is 0 Å². The maximum atomic E-state index is 13.3. The quantitative estimate of drug-likeness (QED) is 0.461. The predicted molar refractivity (Wildman–Crippen MR) is 68.0 cm³/mol. The zero-order valence-corrected chi connectivity index (χ0v) is 11.1. The van der Waals surface area contributed by atoms with Crippen molar-refractivity contribution in [3.63, 3.8) is 0 Å². The zero-order chi connectivity index (χ0) is 15.1. The summed E-state index contributed by atoms with van der Waals surface area (Å²) in [7, 11) is 2.88. The summed E-state index contributed by atoms with van der Waals surface area (Å²) in [5.41, 5.74) is -0.611. The Morgan fingerprint density at radius 1 is 1.55 bits per heavy atom. The molecule has 1 N–H and O–H groups in total. The van der Waals surface area contributed by atoms with E-state index in [9.17, 15) is 19.3 Å². The first-order valence-corrected chi connectivity index (χ1v) is 5.81. The molecule has 110 valence electrons. The van der Waals surface area contributed by atoms with Gasteiger partial charge in [0.25, 0.3) is 0 Å². The van der Waals surface area contributed by atoms with E-state index in [1.807, 2.05) is 0 Å². The largest absolute Gasteiger partial charge is 0.493 e. The lowest BCUT2D eigenvalue weighted by Crippen LogP contribution is -2.36. The predicted octanol–water partition coefficient (Wildman–Crippen LogP) is 1.26. The van der Waals surface area contributed by atoms with E-state index in [4.69, 9.17) is 4.74 Å². The molecule has 0 fully saturated rings. The number of likely N-dealkylation sites (N-methyl/N-ethyl adjacent to an activating group) is 1. The number of ether oxygens (including phenoxy) is 2. The molecular formula is C12H15FN2O5. The Morgan fingerprint density at radius 2 is 2.25 bits per heavy atom. The lowest BCUT2D eigenvalue weighted by atomic mass is 10.2. The van der Waals surface area contributed by atoms with E-state index in [0.717, 1.165) is 12.1 Å². The van der Waals surface area contributed by atoms with Crippen molar-refractivity contribution in [2.45, 2.75) is 12.5 Å². The molecule has 0 aliphatic rings. The average Bonchev–Trinajstić information content (AvgIpc) is 2.42. The molecule has 8 heteroatoms. The minimum Gasteiger partial charge on any atom is -0.493 e. The van der Waals surface area contributed by atoms with Crippen LogP contribution in [0.2, 0.25) is 0 Å². The molecule has 7 nitrogen and oxygen atoms in total. The van der Waals surface area contributed by atoms with E-state index in [1.165, 1.54) is 13.2 Å². The van der Waals surface area contributed by atoms with Gasteiger partial charge >= 0.3 is 11.7 Å². The second kappa shape index (κ2) is 7.39. The minimum absolute atomic E-state index is 0.137. The van der Waals surface area contributed by atoms with Gasteiger partial charge in [-0.15, -0.1) is 0 Å². The summed E-state index contributed by atoms with van der Waals surface area (Å²) in [6.45, 7) is 0.137. The summed E-state index contributed by atoms with van der Waals surface area (Å²) >= 11 is 0. The van der Waals surface area contributed by atoms with Gasteiger partial charge < -0.3 is 14.8 Å². The molecule has 1 aromatic carbocycles. The number of nitrogens with one attached hydrogen (secondary N) is 1. The van der Waals surface area contributed by atoms with Crippen LogP contribution in [0.1, 0.15) is 6.42 Å². The minimum atomic E-state index is -0.967. The first-order chi connectivity index (χ1) is 9.49. The molecule has 0 aromatic heterocycles. The van der Waals surface area contributed by atoms with Crippen molar-refractivity contribution in [2.24, 2.45) is 0 Å². The maximum Gasteiger partial charge on any atom is 0.322 e. The van der Waals surface area contributed by atoms with E-state index in [2.05, 4.69) is 10.1 Å². The van der Waals surface area contributed by atoms with Crippen molar-refractivity contribution in [1.82, 2.24) is 5.32 Å². The van der Waals surface area contributed by atoms with Gasteiger partial charge in [0, 0.05) is 18.6 Å². The number of rotatable bonds is 7. The Balaban J connectivity index is 2.56. The van der Waals surface area contributed by atoms with Crippen LogP contribution in [0.4, 0.5) is 10.1 Å². The normalized spacial score (nSPS) is 11.8. The Bertz CT molecular complexity index is 495. The van der Waals surface area contributed by atoms with Gasteiger partial charge in [-0.25, -0.2) is 0 Å². The van der Waals surface area contributed by atoms with E-state index in [1.54, 1.807) is 7.05 Å². The van der Waals surface area contributed by atoms with Crippen molar-refractivity contribution in [3.8, 4) is 5.75 Å². The topological polar surface area (TPSA) is 90.7 Å². The van der Waals surface area contributed by atoms with E-state index >= 15 is 0 Å². The van der Waals surface area contributed by atoms with Crippen LogP contribution in [0.25, 0.3) is 0 Å². The molecule has 1 aromatic rings. The SMILES string of the molecule is CNC(CCOc1ccc([N+](=O)[O-])c(F)c1)C(=O)OC. The summed E-state index contributed by atoms with van der Waals surface area (Å²) in [4.78, 5) is 20.9. The fourth-order valence-corrected chi connectivity index (χ4v) is 1.54. The van der Waals surface area contributed by atoms with Crippen LogP contribution in [0.5, 0.6) is 5.75 Å². The van der Waals surface area contributed by atoms with Crippen molar-refractivity contribution in [2.75, 3.05) is 20.8 Å². The van der Waals surface area contributed by atoms with Gasteiger partial charge in [0.2, 0.25) is 5.82 Å². The number of halogens is 1. The monoisotopic (exact) mass is 286 g/mol. The highest BCUT2D eigenvalue weighted by Crippen LogP contribution is 2.22. The highest BCUT2D eigenvalue weighted by molar-refractivity contribution is 5.75. The lowest BCUT2D eigenvalue weighted by Gasteiger charge is -2.14. The third-order valence-corrected chi connectivity index (χ3v) is 2.63. The van der Waals surface area contributed by atoms with Gasteiger partial charge in [0.1, 0.15) is 11.8 Å². The van der Waals surface area contributed by atoms with Gasteiger partial charge in [-0.05, 0) is 13.1 Å². The molecule has 0 heterocycles. The van der Waals surface area contributed by atoms with Gasteiger partial charge in [0.15, 0.2) is 0 Å². The molecule has 0 aliphatic heterocycles. The fraction of sp³-hybridized carbons (Fsp3) is 0.417. The number of nitrogens with zero attached hydrogens (tertiary/aromatic N) is 1. The third-order valence-electron chi connectivity index (χ3n) is 2.63. The first-order valence-electron chi connectivity index (χ1n) is 5.81. The average molecular weight is 286 g/mol. The summed E-state index contributed by atoms with van der Waals surface area (Å²) < 4.78 is 23.1. The number of nitro benzene ring substituents is 1. The number of esters is 1. The first kappa shape index (κ1) is 15.8. The molecule has 0 aliphatic carbocycles. The molecule has 0 saturated heterocycles. The molecule has 0 radical (unpaired) electrons. The van der Waals surface area contributed by atoms with E-state index in [0.29, 0.717) is 6.42 Å². The number of hydrogen-bond donors (Lipinski definition) is 1. The van der Waals surface area contributed by atoms with Crippen molar-refractivity contribution in [3.05, 3.63) is 34.1 Å². The highest BCUT2D eigenvalue weighted by atomic mass is 19.1. The number of benzene rings is 1. The number of carbonyl (C=O) groups excluding carboxylic acids is 1. The number of methoxy groups -OCH3 is 1. The summed E-state index contributed by atoms with van der Waals surface area (Å²) in [6.07, 6.45) is 0.321. The van der Waals surface area contributed by atoms with Crippen LogP contribution in [0, 0.1) is 15.9 Å². The maximum absolute atomic E-state index is 13.3. The Kier molecular flexibility index (Phi) is 5.85. The van der Waals surface area contributed by atoms with Gasteiger partial charge in [0.05, 0.1) is 18.6 Å². The lowest BCUT2D eigenvalue weighted by molar-refractivity contribution is -0.387. The van der Waals surface area contributed by atoms with Crippen LogP contribution in [-0.2, 0) is 9.53 Å². The van der Waals surface area contributed by atoms with Crippen molar-refractivity contribution >= 4 is 11.7 Å². The van der Waals surface area contributed by atoms with Crippen molar-refractivity contribution in [1.29, 1.82) is 0 Å². The third kappa shape index (κ3) is 4.16. The van der Waals surface area contributed by atoms with Crippen LogP contribution in [0.15, 0.2) is 18.2 Å². The standard InChI is InChI=1S/C12H15FN2O5/c1-14-10(12(16)19-2)5-6-20-8-3-4-11(15(17)18)9(13)7-8/h3-4,7,10,14H,5-6H2,1-2H3. The van der Waals surface area contributed by atoms with Gasteiger partial charge in [-0.3, -0.25) is 14.9 Å². The fourth-order valence-electron chi connectivity index (χ4n) is 1.54. The Labute approximate surface area is 114 Å². The molecule has 0 amide bonds. The molecule has 1 rings (SSSR count). The molecule has 0 bridgehead atoms. The molecule has 20 heavy (non-hydrogen) atoms. The second-order valence-electron chi connectivity index (χ2n) is 3.87. The molecule has 1 atom stereocenters. The van der Waals surface area contributed by atoms with Crippen LogP contribution in [-0.4, -0.2) is 37.7 Å². The number of nitro groups is 1.